The predicted octanol–water partition coefficient (Wildman–Crippen LogP) is 7.60. The Hall–Kier alpha value is -3.76. The largest absolute Gasteiger partial charge is 0.450 e. The number of hydrogen-bond donors (Lipinski definition) is 2. The van der Waals surface area contributed by atoms with Crippen LogP contribution in [0.15, 0.2) is 53.2 Å². The Bertz CT molecular complexity index is 1300. The van der Waals surface area contributed by atoms with Crippen LogP contribution < -0.4 is 15.5 Å². The van der Waals surface area contributed by atoms with E-state index in [1.54, 1.807) is 19.2 Å². The van der Waals surface area contributed by atoms with E-state index in [2.05, 4.69) is 25.5 Å². The van der Waals surface area contributed by atoms with E-state index >= 15 is 0 Å². The standard InChI is InChI=1S/C30H36F3N5O3/c1-2-40-29(39)36-23-10-5-9-22(16-23)26-18-35-28(41-26)37-25-11-4-3-8-21(25)15-20-7-6-14-38(19-20)24-12-13-27(34-17-24)30(31,32)33/h5,9-10,12-13,16-18,20-21,25H,2-4,6-8,11,14-15,19H2,1H3,(H,35,37)(H,36,39)/t20-,21+,25-/m1/s1. The number of halogens is 3. The zero-order valence-corrected chi connectivity index (χ0v) is 23.1. The molecule has 1 aromatic carbocycles. The Morgan fingerprint density at radius 2 is 1.95 bits per heavy atom. The van der Waals surface area contributed by atoms with Crippen molar-refractivity contribution in [3.05, 3.63) is 54.5 Å². The van der Waals surface area contributed by atoms with Gasteiger partial charge in [0, 0.05) is 30.4 Å². The Morgan fingerprint density at radius 3 is 2.73 bits per heavy atom. The fraction of sp³-hybridized carbons (Fsp3) is 0.500. The minimum Gasteiger partial charge on any atom is -0.450 e. The average Bonchev–Trinajstić information content (AvgIpc) is 3.43. The van der Waals surface area contributed by atoms with Crippen molar-refractivity contribution in [3.63, 3.8) is 0 Å². The second-order valence-electron chi connectivity index (χ2n) is 10.8. The first-order valence-corrected chi connectivity index (χ1v) is 14.3. The third-order valence-electron chi connectivity index (χ3n) is 7.95. The second kappa shape index (κ2) is 12.8. The first-order valence-electron chi connectivity index (χ1n) is 14.3. The molecule has 1 amide bonds. The van der Waals surface area contributed by atoms with Crippen LogP contribution in [0, 0.1) is 11.8 Å². The molecule has 0 radical (unpaired) electrons. The zero-order valence-electron chi connectivity index (χ0n) is 23.1. The molecule has 2 aliphatic rings. The van der Waals surface area contributed by atoms with Crippen molar-refractivity contribution < 1.29 is 27.1 Å². The molecule has 2 N–H and O–H groups in total. The summed E-state index contributed by atoms with van der Waals surface area (Å²) in [6.45, 7) is 3.68. The molecular formula is C30H36F3N5O3. The summed E-state index contributed by atoms with van der Waals surface area (Å²) in [6.07, 6.45) is 5.70. The number of nitrogens with zero attached hydrogens (tertiary/aromatic N) is 3. The Balaban J connectivity index is 1.20. The van der Waals surface area contributed by atoms with E-state index in [9.17, 15) is 18.0 Å². The highest BCUT2D eigenvalue weighted by molar-refractivity contribution is 5.85. The van der Waals surface area contributed by atoms with Crippen LogP contribution in [0.1, 0.15) is 57.6 Å². The van der Waals surface area contributed by atoms with Gasteiger partial charge in [-0.25, -0.2) is 14.8 Å². The van der Waals surface area contributed by atoms with Crippen LogP contribution in [-0.4, -0.2) is 41.8 Å². The van der Waals surface area contributed by atoms with Gasteiger partial charge >= 0.3 is 12.3 Å². The van der Waals surface area contributed by atoms with Gasteiger partial charge in [-0.05, 0) is 75.1 Å². The number of benzene rings is 1. The topological polar surface area (TPSA) is 92.5 Å². The van der Waals surface area contributed by atoms with Crippen LogP contribution in [0.2, 0.25) is 0 Å². The maximum atomic E-state index is 12.9. The number of pyridine rings is 1. The van der Waals surface area contributed by atoms with Crippen molar-refractivity contribution in [2.45, 2.75) is 64.1 Å². The van der Waals surface area contributed by atoms with Gasteiger partial charge in [0.05, 0.1) is 24.7 Å². The summed E-state index contributed by atoms with van der Waals surface area (Å²) >= 11 is 0. The van der Waals surface area contributed by atoms with Crippen LogP contribution >= 0.6 is 0 Å². The number of carbonyl (C=O) groups excluding carboxylic acids is 1. The number of carbonyl (C=O) groups is 1. The monoisotopic (exact) mass is 571 g/mol. The number of aromatic nitrogens is 2. The molecule has 1 aliphatic heterocycles. The molecule has 0 bridgehead atoms. The lowest BCUT2D eigenvalue weighted by molar-refractivity contribution is -0.141. The molecule has 11 heteroatoms. The van der Waals surface area contributed by atoms with E-state index in [0.717, 1.165) is 68.9 Å². The van der Waals surface area contributed by atoms with Gasteiger partial charge in [-0.15, -0.1) is 0 Å². The Kier molecular flexibility index (Phi) is 8.99. The summed E-state index contributed by atoms with van der Waals surface area (Å²) in [6, 6.07) is 10.6. The van der Waals surface area contributed by atoms with E-state index in [0.29, 0.717) is 35.9 Å². The number of ether oxygens (including phenoxy) is 1. The number of oxazole rings is 1. The highest BCUT2D eigenvalue weighted by Gasteiger charge is 2.33. The van der Waals surface area contributed by atoms with Crippen molar-refractivity contribution in [1.82, 2.24) is 9.97 Å². The molecule has 41 heavy (non-hydrogen) atoms. The van der Waals surface area contributed by atoms with Gasteiger partial charge < -0.3 is 19.4 Å². The fourth-order valence-electron chi connectivity index (χ4n) is 6.01. The molecule has 5 rings (SSSR count). The molecule has 220 valence electrons. The highest BCUT2D eigenvalue weighted by atomic mass is 19.4. The third-order valence-corrected chi connectivity index (χ3v) is 7.95. The number of hydrogen-bond acceptors (Lipinski definition) is 7. The number of alkyl halides is 3. The molecule has 0 spiro atoms. The van der Waals surface area contributed by atoms with Crippen LogP contribution in [0.5, 0.6) is 0 Å². The highest BCUT2D eigenvalue weighted by Crippen LogP contribution is 2.36. The molecule has 3 aromatic rings. The van der Waals surface area contributed by atoms with E-state index < -0.39 is 18.0 Å². The number of amides is 1. The van der Waals surface area contributed by atoms with Gasteiger partial charge in [0.1, 0.15) is 5.69 Å². The molecule has 0 unspecified atom stereocenters. The smallest absolute Gasteiger partial charge is 0.433 e. The minimum absolute atomic E-state index is 0.232. The third kappa shape index (κ3) is 7.51. The van der Waals surface area contributed by atoms with Crippen molar-refractivity contribution in [2.24, 2.45) is 11.8 Å². The maximum absolute atomic E-state index is 12.9. The molecule has 2 aromatic heterocycles. The second-order valence-corrected chi connectivity index (χ2v) is 10.8. The van der Waals surface area contributed by atoms with E-state index in [4.69, 9.17) is 9.15 Å². The lowest BCUT2D eigenvalue weighted by Gasteiger charge is -2.39. The van der Waals surface area contributed by atoms with Gasteiger partial charge in [0.25, 0.3) is 6.01 Å². The summed E-state index contributed by atoms with van der Waals surface area (Å²) < 4.78 is 49.8. The molecular weight excluding hydrogens is 535 g/mol. The van der Waals surface area contributed by atoms with E-state index in [-0.39, 0.29) is 6.04 Å². The summed E-state index contributed by atoms with van der Waals surface area (Å²) in [5, 5.41) is 6.24. The fourth-order valence-corrected chi connectivity index (χ4v) is 6.01. The zero-order chi connectivity index (χ0) is 28.8. The van der Waals surface area contributed by atoms with Crippen molar-refractivity contribution in [2.75, 3.05) is 35.2 Å². The van der Waals surface area contributed by atoms with Crippen LogP contribution in [0.25, 0.3) is 11.3 Å². The molecule has 3 atom stereocenters. The predicted molar refractivity (Wildman–Crippen MR) is 151 cm³/mol. The van der Waals surface area contributed by atoms with Crippen molar-refractivity contribution in [3.8, 4) is 11.3 Å². The lowest BCUT2D eigenvalue weighted by atomic mass is 9.77. The number of anilines is 3. The number of piperidine rings is 1. The summed E-state index contributed by atoms with van der Waals surface area (Å²) in [5.74, 6) is 1.50. The maximum Gasteiger partial charge on any atom is 0.433 e. The normalized spacial score (nSPS) is 21.4. The van der Waals surface area contributed by atoms with Crippen LogP contribution in [0.4, 0.5) is 35.4 Å². The molecule has 3 heterocycles. The Labute approximate surface area is 237 Å². The van der Waals surface area contributed by atoms with Crippen molar-refractivity contribution in [1.29, 1.82) is 0 Å². The Morgan fingerprint density at radius 1 is 1.10 bits per heavy atom. The number of nitrogens with one attached hydrogen (secondary N) is 2. The summed E-state index contributed by atoms with van der Waals surface area (Å²) in [7, 11) is 0. The van der Waals surface area contributed by atoms with Crippen molar-refractivity contribution >= 4 is 23.5 Å². The molecule has 1 saturated heterocycles. The first kappa shape index (κ1) is 28.8. The number of rotatable bonds is 8. The molecule has 1 saturated carbocycles. The SMILES string of the molecule is CCOC(=O)Nc1cccc(-c2cnc(N[C@@H]3CCCC[C@H]3C[C@H]3CCCN(c4ccc(C(F)(F)F)nc4)C3)o2)c1. The van der Waals surface area contributed by atoms with E-state index in [1.165, 1.54) is 18.7 Å². The average molecular weight is 572 g/mol. The van der Waals surface area contributed by atoms with Gasteiger partial charge in [-0.1, -0.05) is 25.0 Å². The first-order chi connectivity index (χ1) is 19.8. The molecule has 2 fully saturated rings. The van der Waals surface area contributed by atoms with Crippen LogP contribution in [0.3, 0.4) is 0 Å². The lowest BCUT2D eigenvalue weighted by Crippen LogP contribution is -2.39. The quantitative estimate of drug-likeness (QED) is 0.288. The van der Waals surface area contributed by atoms with Crippen LogP contribution in [-0.2, 0) is 10.9 Å². The van der Waals surface area contributed by atoms with E-state index in [1.807, 2.05) is 18.2 Å². The minimum atomic E-state index is -4.43. The van der Waals surface area contributed by atoms with Gasteiger partial charge in [-0.2, -0.15) is 13.2 Å². The molecule has 8 nitrogen and oxygen atoms in total. The van der Waals surface area contributed by atoms with Gasteiger partial charge in [0.2, 0.25) is 0 Å². The van der Waals surface area contributed by atoms with Gasteiger partial charge in [0.15, 0.2) is 5.76 Å². The summed E-state index contributed by atoms with van der Waals surface area (Å²) in [4.78, 5) is 22.1. The molecule has 1 aliphatic carbocycles. The van der Waals surface area contributed by atoms with Gasteiger partial charge in [-0.3, -0.25) is 5.32 Å². The summed E-state index contributed by atoms with van der Waals surface area (Å²) in [5.41, 5.74) is 1.28.